The van der Waals surface area contributed by atoms with Gasteiger partial charge in [0.05, 0.1) is 6.10 Å². The predicted molar refractivity (Wildman–Crippen MR) is 63.3 cm³/mol. The van der Waals surface area contributed by atoms with Crippen LogP contribution in [0.4, 0.5) is 0 Å². The molecule has 1 heteroatoms. The molecule has 0 spiro atoms. The van der Waals surface area contributed by atoms with Gasteiger partial charge in [0.15, 0.2) is 0 Å². The van der Waals surface area contributed by atoms with Crippen LogP contribution in [0.1, 0.15) is 38.7 Å². The molecular weight excluding hydrogens is 184 g/mol. The molecule has 0 atom stereocenters. The third kappa shape index (κ3) is 2.98. The molecule has 1 fully saturated rings. The number of rotatable bonds is 4. The first-order chi connectivity index (χ1) is 7.24. The van der Waals surface area contributed by atoms with Gasteiger partial charge >= 0.3 is 0 Å². The lowest BCUT2D eigenvalue weighted by molar-refractivity contribution is 0.120. The van der Waals surface area contributed by atoms with Crippen LogP contribution in [0.3, 0.4) is 0 Å². The number of hydrogen-bond donors (Lipinski definition) is 0. The maximum Gasteiger partial charge on any atom is 0.119 e. The summed E-state index contributed by atoms with van der Waals surface area (Å²) in [6, 6.07) is 8.59. The third-order valence-electron chi connectivity index (χ3n) is 2.92. The molecule has 1 aromatic carbocycles. The van der Waals surface area contributed by atoms with Crippen LogP contribution in [0.2, 0.25) is 0 Å². The SMILES string of the molecule is CC(C)Cc1ccc(OC2CCC2)cc1. The van der Waals surface area contributed by atoms with Gasteiger partial charge in [-0.3, -0.25) is 0 Å². The summed E-state index contributed by atoms with van der Waals surface area (Å²) in [5.41, 5.74) is 1.41. The van der Waals surface area contributed by atoms with Crippen molar-refractivity contribution >= 4 is 0 Å². The fraction of sp³-hybridized carbons (Fsp3) is 0.571. The van der Waals surface area contributed by atoms with Gasteiger partial charge in [0.1, 0.15) is 5.75 Å². The Morgan fingerprint density at radius 3 is 2.33 bits per heavy atom. The van der Waals surface area contributed by atoms with Crippen LogP contribution in [-0.4, -0.2) is 6.10 Å². The average Bonchev–Trinajstić information content (AvgIpc) is 2.13. The second kappa shape index (κ2) is 4.69. The summed E-state index contributed by atoms with van der Waals surface area (Å²) >= 11 is 0. The van der Waals surface area contributed by atoms with E-state index in [1.807, 2.05) is 0 Å². The summed E-state index contributed by atoms with van der Waals surface area (Å²) in [5, 5.41) is 0. The number of benzene rings is 1. The Morgan fingerprint density at radius 2 is 1.87 bits per heavy atom. The molecule has 0 amide bonds. The topological polar surface area (TPSA) is 9.23 Å². The van der Waals surface area contributed by atoms with Gasteiger partial charge in [-0.15, -0.1) is 0 Å². The maximum atomic E-state index is 5.81. The number of hydrogen-bond acceptors (Lipinski definition) is 1. The first-order valence-corrected chi connectivity index (χ1v) is 5.99. The smallest absolute Gasteiger partial charge is 0.119 e. The third-order valence-corrected chi connectivity index (χ3v) is 2.92. The summed E-state index contributed by atoms with van der Waals surface area (Å²) in [6.45, 7) is 4.50. The van der Waals surface area contributed by atoms with Crippen LogP contribution in [0.25, 0.3) is 0 Å². The maximum absolute atomic E-state index is 5.81. The van der Waals surface area contributed by atoms with Crippen molar-refractivity contribution in [2.75, 3.05) is 0 Å². The van der Waals surface area contributed by atoms with Gasteiger partial charge in [0, 0.05) is 0 Å². The molecule has 0 radical (unpaired) electrons. The molecule has 0 N–H and O–H groups in total. The predicted octanol–water partition coefficient (Wildman–Crippen LogP) is 3.82. The van der Waals surface area contributed by atoms with Crippen molar-refractivity contribution in [1.82, 2.24) is 0 Å². The van der Waals surface area contributed by atoms with E-state index < -0.39 is 0 Å². The molecule has 1 saturated carbocycles. The summed E-state index contributed by atoms with van der Waals surface area (Å²) in [5.74, 6) is 1.76. The molecule has 1 nitrogen and oxygen atoms in total. The Bertz CT molecular complexity index is 296. The molecule has 15 heavy (non-hydrogen) atoms. The zero-order valence-corrected chi connectivity index (χ0v) is 9.70. The highest BCUT2D eigenvalue weighted by molar-refractivity contribution is 5.27. The minimum absolute atomic E-state index is 0.487. The van der Waals surface area contributed by atoms with Gasteiger partial charge in [0.25, 0.3) is 0 Å². The average molecular weight is 204 g/mol. The van der Waals surface area contributed by atoms with Crippen LogP contribution < -0.4 is 4.74 Å². The molecule has 0 saturated heterocycles. The van der Waals surface area contributed by atoms with E-state index >= 15 is 0 Å². The fourth-order valence-corrected chi connectivity index (χ4v) is 1.86. The Hall–Kier alpha value is -0.980. The quantitative estimate of drug-likeness (QED) is 0.724. The van der Waals surface area contributed by atoms with Crippen LogP contribution in [0, 0.1) is 5.92 Å². The highest BCUT2D eigenvalue weighted by Crippen LogP contribution is 2.25. The Kier molecular flexibility index (Phi) is 3.30. The minimum atomic E-state index is 0.487. The van der Waals surface area contributed by atoms with Crippen LogP contribution in [-0.2, 0) is 6.42 Å². The molecule has 2 rings (SSSR count). The zero-order chi connectivity index (χ0) is 10.7. The lowest BCUT2D eigenvalue weighted by atomic mass is 9.96. The van der Waals surface area contributed by atoms with E-state index in [9.17, 15) is 0 Å². The molecule has 82 valence electrons. The van der Waals surface area contributed by atoms with Gasteiger partial charge in [-0.2, -0.15) is 0 Å². The van der Waals surface area contributed by atoms with Gasteiger partial charge in [-0.25, -0.2) is 0 Å². The molecule has 0 aromatic heterocycles. The number of ether oxygens (including phenoxy) is 1. The minimum Gasteiger partial charge on any atom is -0.490 e. The fourth-order valence-electron chi connectivity index (χ4n) is 1.86. The summed E-state index contributed by atoms with van der Waals surface area (Å²) in [6.07, 6.45) is 5.43. The molecule has 1 aromatic rings. The summed E-state index contributed by atoms with van der Waals surface area (Å²) in [4.78, 5) is 0. The van der Waals surface area contributed by atoms with Crippen molar-refractivity contribution in [1.29, 1.82) is 0 Å². The van der Waals surface area contributed by atoms with E-state index in [-0.39, 0.29) is 0 Å². The molecule has 0 heterocycles. The van der Waals surface area contributed by atoms with E-state index in [1.165, 1.54) is 24.8 Å². The summed E-state index contributed by atoms with van der Waals surface area (Å²) in [7, 11) is 0. The van der Waals surface area contributed by atoms with Crippen molar-refractivity contribution in [3.05, 3.63) is 29.8 Å². The highest BCUT2D eigenvalue weighted by Gasteiger charge is 2.18. The van der Waals surface area contributed by atoms with Gasteiger partial charge in [-0.05, 0) is 49.3 Å². The first-order valence-electron chi connectivity index (χ1n) is 5.99. The Labute approximate surface area is 92.5 Å². The first kappa shape index (κ1) is 10.5. The highest BCUT2D eigenvalue weighted by atomic mass is 16.5. The second-order valence-corrected chi connectivity index (χ2v) is 4.91. The van der Waals surface area contributed by atoms with E-state index in [2.05, 4.69) is 38.1 Å². The molecule has 1 aliphatic carbocycles. The zero-order valence-electron chi connectivity index (χ0n) is 9.70. The van der Waals surface area contributed by atoms with Crippen LogP contribution in [0.15, 0.2) is 24.3 Å². The van der Waals surface area contributed by atoms with Crippen molar-refractivity contribution in [3.8, 4) is 5.75 Å². The van der Waals surface area contributed by atoms with Crippen molar-refractivity contribution in [3.63, 3.8) is 0 Å². The van der Waals surface area contributed by atoms with Crippen LogP contribution in [0.5, 0.6) is 5.75 Å². The van der Waals surface area contributed by atoms with Gasteiger partial charge < -0.3 is 4.74 Å². The Morgan fingerprint density at radius 1 is 1.20 bits per heavy atom. The molecule has 0 unspecified atom stereocenters. The van der Waals surface area contributed by atoms with Crippen molar-refractivity contribution in [2.24, 2.45) is 5.92 Å². The molecule has 0 aliphatic heterocycles. The van der Waals surface area contributed by atoms with E-state index in [1.54, 1.807) is 0 Å². The standard InChI is InChI=1S/C14H20O/c1-11(2)10-12-6-8-14(9-7-12)15-13-4-3-5-13/h6-9,11,13H,3-5,10H2,1-2H3. The molecule has 0 bridgehead atoms. The van der Waals surface area contributed by atoms with E-state index in [4.69, 9.17) is 4.74 Å². The monoisotopic (exact) mass is 204 g/mol. The Balaban J connectivity index is 1.91. The van der Waals surface area contributed by atoms with Gasteiger partial charge in [-0.1, -0.05) is 26.0 Å². The molecular formula is C14H20O. The van der Waals surface area contributed by atoms with Crippen LogP contribution >= 0.6 is 0 Å². The lowest BCUT2D eigenvalue weighted by Gasteiger charge is -2.26. The van der Waals surface area contributed by atoms with Gasteiger partial charge in [0.2, 0.25) is 0 Å². The second-order valence-electron chi connectivity index (χ2n) is 4.91. The van der Waals surface area contributed by atoms with E-state index in [0.29, 0.717) is 6.10 Å². The lowest BCUT2D eigenvalue weighted by Crippen LogP contribution is -2.24. The molecule has 1 aliphatic rings. The largest absolute Gasteiger partial charge is 0.490 e. The summed E-state index contributed by atoms with van der Waals surface area (Å²) < 4.78 is 5.81. The van der Waals surface area contributed by atoms with Crippen molar-refractivity contribution < 1.29 is 4.74 Å². The van der Waals surface area contributed by atoms with Crippen molar-refractivity contribution in [2.45, 2.75) is 45.6 Å². The normalized spacial score (nSPS) is 16.5. The van der Waals surface area contributed by atoms with E-state index in [0.717, 1.165) is 18.1 Å².